The van der Waals surface area contributed by atoms with E-state index in [9.17, 15) is 4.79 Å². The summed E-state index contributed by atoms with van der Waals surface area (Å²) in [5.41, 5.74) is 1.74. The molecule has 1 aromatic rings. The Labute approximate surface area is 102 Å². The summed E-state index contributed by atoms with van der Waals surface area (Å²) >= 11 is 0. The maximum Gasteiger partial charge on any atom is 0.257 e. The molecule has 2 heterocycles. The molecule has 17 heavy (non-hydrogen) atoms. The number of amides is 1. The maximum absolute atomic E-state index is 12.4. The fourth-order valence-corrected chi connectivity index (χ4v) is 2.24. The molecule has 0 atom stereocenters. The average Bonchev–Trinajstić information content (AvgIpc) is 2.68. The first-order chi connectivity index (χ1) is 8.03. The lowest BCUT2D eigenvalue weighted by atomic mass is 9.93. The lowest BCUT2D eigenvalue weighted by Crippen LogP contribution is -2.30. The normalized spacial score (nSPS) is 18.2. The number of hydrogen-bond acceptors (Lipinski definition) is 3. The summed E-state index contributed by atoms with van der Waals surface area (Å²) in [7, 11) is 1.82. The summed E-state index contributed by atoms with van der Waals surface area (Å²) in [6.07, 6.45) is 4.39. The molecule has 92 valence electrons. The summed E-state index contributed by atoms with van der Waals surface area (Å²) in [5, 5.41) is 3.03. The average molecular weight is 233 g/mol. The Morgan fingerprint density at radius 3 is 2.88 bits per heavy atom. The van der Waals surface area contributed by atoms with Crippen LogP contribution in [0.15, 0.2) is 18.5 Å². The smallest absolute Gasteiger partial charge is 0.257 e. The minimum absolute atomic E-state index is 0.0769. The van der Waals surface area contributed by atoms with E-state index in [0.717, 1.165) is 25.2 Å². The van der Waals surface area contributed by atoms with Gasteiger partial charge in [0.15, 0.2) is 0 Å². The molecule has 4 heteroatoms. The molecule has 0 spiro atoms. The summed E-state index contributed by atoms with van der Waals surface area (Å²) in [5.74, 6) is 0.0769. The Hall–Kier alpha value is -1.58. The van der Waals surface area contributed by atoms with Crippen LogP contribution in [-0.4, -0.2) is 35.9 Å². The standard InChI is InChI=1S/C13H19N3O/c1-13(2)5-7-16(9-13)12(17)10-8-15-6-4-11(10)14-3/h4,6,8H,5,7,9H2,1-3H3,(H,14,15). The molecule has 1 N–H and O–H groups in total. The number of likely N-dealkylation sites (tertiary alicyclic amines) is 1. The van der Waals surface area contributed by atoms with Crippen LogP contribution in [0, 0.1) is 5.41 Å². The van der Waals surface area contributed by atoms with Crippen LogP contribution in [0.5, 0.6) is 0 Å². The Kier molecular flexibility index (Phi) is 3.05. The van der Waals surface area contributed by atoms with Crippen LogP contribution in [0.3, 0.4) is 0 Å². The van der Waals surface area contributed by atoms with E-state index in [1.807, 2.05) is 18.0 Å². The number of anilines is 1. The van der Waals surface area contributed by atoms with Crippen LogP contribution in [0.4, 0.5) is 5.69 Å². The fraction of sp³-hybridized carbons (Fsp3) is 0.538. The Morgan fingerprint density at radius 1 is 1.53 bits per heavy atom. The molecule has 1 saturated heterocycles. The van der Waals surface area contributed by atoms with Gasteiger partial charge in [0.25, 0.3) is 5.91 Å². The largest absolute Gasteiger partial charge is 0.387 e. The van der Waals surface area contributed by atoms with E-state index in [4.69, 9.17) is 0 Å². The summed E-state index contributed by atoms with van der Waals surface area (Å²) in [6, 6.07) is 1.83. The van der Waals surface area contributed by atoms with Gasteiger partial charge in [-0.25, -0.2) is 0 Å². The summed E-state index contributed by atoms with van der Waals surface area (Å²) in [4.78, 5) is 18.3. The monoisotopic (exact) mass is 233 g/mol. The first-order valence-corrected chi connectivity index (χ1v) is 5.94. The Bertz CT molecular complexity index is 428. The summed E-state index contributed by atoms with van der Waals surface area (Å²) in [6.45, 7) is 6.05. The highest BCUT2D eigenvalue weighted by atomic mass is 16.2. The Morgan fingerprint density at radius 2 is 2.29 bits per heavy atom. The van der Waals surface area contributed by atoms with Gasteiger partial charge >= 0.3 is 0 Å². The van der Waals surface area contributed by atoms with Gasteiger partial charge in [-0.1, -0.05) is 13.8 Å². The lowest BCUT2D eigenvalue weighted by Gasteiger charge is -2.20. The van der Waals surface area contributed by atoms with Crippen molar-refractivity contribution in [1.82, 2.24) is 9.88 Å². The maximum atomic E-state index is 12.4. The van der Waals surface area contributed by atoms with E-state index in [2.05, 4.69) is 24.1 Å². The molecule has 1 aliphatic heterocycles. The molecular weight excluding hydrogens is 214 g/mol. The number of hydrogen-bond donors (Lipinski definition) is 1. The Balaban J connectivity index is 2.20. The molecule has 0 aliphatic carbocycles. The van der Waals surface area contributed by atoms with E-state index >= 15 is 0 Å². The molecule has 1 aromatic heterocycles. The van der Waals surface area contributed by atoms with Gasteiger partial charge in [-0.05, 0) is 17.9 Å². The van der Waals surface area contributed by atoms with Crippen molar-refractivity contribution in [1.29, 1.82) is 0 Å². The second kappa shape index (κ2) is 4.35. The predicted molar refractivity (Wildman–Crippen MR) is 68.1 cm³/mol. The second-order valence-corrected chi connectivity index (χ2v) is 5.31. The molecule has 0 aromatic carbocycles. The van der Waals surface area contributed by atoms with Gasteiger partial charge in [0.1, 0.15) is 0 Å². The van der Waals surface area contributed by atoms with Crippen LogP contribution in [-0.2, 0) is 0 Å². The number of nitrogens with zero attached hydrogens (tertiary/aromatic N) is 2. The van der Waals surface area contributed by atoms with E-state index < -0.39 is 0 Å². The number of nitrogens with one attached hydrogen (secondary N) is 1. The highest BCUT2D eigenvalue weighted by Crippen LogP contribution is 2.30. The van der Waals surface area contributed by atoms with Gasteiger partial charge in [0.05, 0.1) is 5.56 Å². The SMILES string of the molecule is CNc1ccncc1C(=O)N1CCC(C)(C)C1. The zero-order chi connectivity index (χ0) is 12.5. The molecule has 0 bridgehead atoms. The van der Waals surface area contributed by atoms with Gasteiger partial charge in [-0.2, -0.15) is 0 Å². The molecule has 2 rings (SSSR count). The third kappa shape index (κ3) is 2.40. The van der Waals surface area contributed by atoms with Crippen molar-refractivity contribution in [3.8, 4) is 0 Å². The molecule has 0 saturated carbocycles. The van der Waals surface area contributed by atoms with Crippen LogP contribution < -0.4 is 5.32 Å². The van der Waals surface area contributed by atoms with Crippen molar-refractivity contribution in [3.63, 3.8) is 0 Å². The van der Waals surface area contributed by atoms with Crippen LogP contribution >= 0.6 is 0 Å². The van der Waals surface area contributed by atoms with E-state index in [-0.39, 0.29) is 11.3 Å². The quantitative estimate of drug-likeness (QED) is 0.849. The number of rotatable bonds is 2. The molecule has 4 nitrogen and oxygen atoms in total. The van der Waals surface area contributed by atoms with Crippen molar-refractivity contribution >= 4 is 11.6 Å². The molecule has 1 fully saturated rings. The zero-order valence-electron chi connectivity index (χ0n) is 10.7. The summed E-state index contributed by atoms with van der Waals surface area (Å²) < 4.78 is 0. The third-order valence-electron chi connectivity index (χ3n) is 3.29. The number of aromatic nitrogens is 1. The van der Waals surface area contributed by atoms with Gasteiger partial charge in [-0.15, -0.1) is 0 Å². The van der Waals surface area contributed by atoms with E-state index in [1.165, 1.54) is 0 Å². The molecular formula is C13H19N3O. The highest BCUT2D eigenvalue weighted by Gasteiger charge is 2.33. The van der Waals surface area contributed by atoms with Crippen molar-refractivity contribution in [2.75, 3.05) is 25.5 Å². The minimum Gasteiger partial charge on any atom is -0.387 e. The topological polar surface area (TPSA) is 45.2 Å². The van der Waals surface area contributed by atoms with E-state index in [0.29, 0.717) is 5.56 Å². The molecule has 0 radical (unpaired) electrons. The minimum atomic E-state index is 0.0769. The van der Waals surface area contributed by atoms with E-state index in [1.54, 1.807) is 12.4 Å². The first kappa shape index (κ1) is 11.9. The zero-order valence-corrected chi connectivity index (χ0v) is 10.7. The van der Waals surface area contributed by atoms with Crippen molar-refractivity contribution < 1.29 is 4.79 Å². The second-order valence-electron chi connectivity index (χ2n) is 5.31. The molecule has 1 amide bonds. The van der Waals surface area contributed by atoms with Crippen LogP contribution in [0.1, 0.15) is 30.6 Å². The number of pyridine rings is 1. The van der Waals surface area contributed by atoms with Gasteiger partial charge < -0.3 is 10.2 Å². The van der Waals surface area contributed by atoms with Gasteiger partial charge in [0.2, 0.25) is 0 Å². The third-order valence-corrected chi connectivity index (χ3v) is 3.29. The van der Waals surface area contributed by atoms with Crippen molar-refractivity contribution in [2.45, 2.75) is 20.3 Å². The van der Waals surface area contributed by atoms with Crippen molar-refractivity contribution in [3.05, 3.63) is 24.0 Å². The number of carbonyl (C=O) groups excluding carboxylic acids is 1. The lowest BCUT2D eigenvalue weighted by molar-refractivity contribution is 0.0779. The highest BCUT2D eigenvalue weighted by molar-refractivity contribution is 5.99. The first-order valence-electron chi connectivity index (χ1n) is 5.94. The van der Waals surface area contributed by atoms with Gasteiger partial charge in [-0.3, -0.25) is 9.78 Å². The molecule has 1 aliphatic rings. The van der Waals surface area contributed by atoms with Crippen molar-refractivity contribution in [2.24, 2.45) is 5.41 Å². The van der Waals surface area contributed by atoms with Crippen LogP contribution in [0.25, 0.3) is 0 Å². The fourth-order valence-electron chi connectivity index (χ4n) is 2.24. The predicted octanol–water partition coefficient (Wildman–Crippen LogP) is 2.00. The number of carbonyl (C=O) groups is 1. The molecule has 0 unspecified atom stereocenters. The van der Waals surface area contributed by atoms with Gasteiger partial charge in [0, 0.05) is 38.2 Å². The van der Waals surface area contributed by atoms with Crippen LogP contribution in [0.2, 0.25) is 0 Å².